The molecule has 1 amide bonds. The number of aliphatic imine (C=N–C) groups is 1. The van der Waals surface area contributed by atoms with E-state index in [0.717, 1.165) is 22.0 Å². The van der Waals surface area contributed by atoms with E-state index in [1.807, 2.05) is 43.5 Å². The molecule has 6 nitrogen and oxygen atoms in total. The van der Waals surface area contributed by atoms with Crippen LogP contribution in [0.1, 0.15) is 16.1 Å². The SMILES string of the molecule is CS/C(N)=N\c1c(C)ccc2ccc(NC(=O)c3ccc(N)cn3)cc12. The number of hydrogen-bond acceptors (Lipinski definition) is 5. The van der Waals surface area contributed by atoms with Gasteiger partial charge in [-0.2, -0.15) is 0 Å². The fraction of sp³-hybridized carbons (Fsp3) is 0.105. The molecule has 2 aromatic carbocycles. The predicted molar refractivity (Wildman–Crippen MR) is 110 cm³/mol. The first-order chi connectivity index (χ1) is 12.5. The number of hydrogen-bond donors (Lipinski definition) is 3. The summed E-state index contributed by atoms with van der Waals surface area (Å²) >= 11 is 1.39. The maximum absolute atomic E-state index is 12.4. The van der Waals surface area contributed by atoms with Gasteiger partial charge in [-0.15, -0.1) is 0 Å². The largest absolute Gasteiger partial charge is 0.397 e. The Morgan fingerprint density at radius 1 is 1.19 bits per heavy atom. The maximum atomic E-state index is 12.4. The number of pyridine rings is 1. The van der Waals surface area contributed by atoms with Gasteiger partial charge >= 0.3 is 0 Å². The summed E-state index contributed by atoms with van der Waals surface area (Å²) in [6.45, 7) is 1.98. The number of carbonyl (C=O) groups excluding carboxylic acids is 1. The quantitative estimate of drug-likeness (QED) is 0.485. The first-order valence-electron chi connectivity index (χ1n) is 7.92. The number of nitrogen functional groups attached to an aromatic ring is 1. The lowest BCUT2D eigenvalue weighted by atomic mass is 10.0. The highest BCUT2D eigenvalue weighted by Crippen LogP contribution is 2.32. The minimum atomic E-state index is -0.300. The highest BCUT2D eigenvalue weighted by Gasteiger charge is 2.10. The van der Waals surface area contributed by atoms with Crippen molar-refractivity contribution in [3.63, 3.8) is 0 Å². The number of carbonyl (C=O) groups is 1. The molecule has 5 N–H and O–H groups in total. The summed E-state index contributed by atoms with van der Waals surface area (Å²) in [4.78, 5) is 20.9. The number of thioether (sulfide) groups is 1. The van der Waals surface area contributed by atoms with Crippen molar-refractivity contribution in [2.75, 3.05) is 17.3 Å². The second-order valence-corrected chi connectivity index (χ2v) is 6.58. The van der Waals surface area contributed by atoms with Crippen molar-refractivity contribution in [2.24, 2.45) is 10.7 Å². The van der Waals surface area contributed by atoms with Gasteiger partial charge in [0, 0.05) is 11.1 Å². The number of nitrogens with zero attached hydrogens (tertiary/aromatic N) is 2. The lowest BCUT2D eigenvalue weighted by Gasteiger charge is -2.10. The molecule has 1 heterocycles. The second kappa shape index (κ2) is 7.45. The third kappa shape index (κ3) is 3.78. The van der Waals surface area contributed by atoms with Gasteiger partial charge in [-0.3, -0.25) is 4.79 Å². The van der Waals surface area contributed by atoms with Gasteiger partial charge in [-0.05, 0) is 48.4 Å². The molecule has 0 radical (unpaired) electrons. The van der Waals surface area contributed by atoms with E-state index in [1.54, 1.807) is 12.1 Å². The van der Waals surface area contributed by atoms with Crippen LogP contribution < -0.4 is 16.8 Å². The second-order valence-electron chi connectivity index (χ2n) is 5.75. The Labute approximate surface area is 155 Å². The van der Waals surface area contributed by atoms with E-state index in [2.05, 4.69) is 15.3 Å². The summed E-state index contributed by atoms with van der Waals surface area (Å²) in [5.41, 5.74) is 14.8. The average Bonchev–Trinajstić information content (AvgIpc) is 2.64. The molecule has 0 saturated carbocycles. The van der Waals surface area contributed by atoms with E-state index in [1.165, 1.54) is 18.0 Å². The van der Waals surface area contributed by atoms with E-state index in [-0.39, 0.29) is 5.91 Å². The number of benzene rings is 2. The highest BCUT2D eigenvalue weighted by atomic mass is 32.2. The van der Waals surface area contributed by atoms with Crippen LogP contribution in [0.2, 0.25) is 0 Å². The van der Waals surface area contributed by atoms with Crippen molar-refractivity contribution in [2.45, 2.75) is 6.92 Å². The molecular weight excluding hydrogens is 346 g/mol. The smallest absolute Gasteiger partial charge is 0.274 e. The van der Waals surface area contributed by atoms with Gasteiger partial charge in [0.05, 0.1) is 17.6 Å². The van der Waals surface area contributed by atoms with Crippen LogP contribution in [0.5, 0.6) is 0 Å². The first-order valence-corrected chi connectivity index (χ1v) is 9.15. The standard InChI is InChI=1S/C19H19N5OS/c1-11-3-4-12-5-7-14(9-15(12)17(11)24-19(21)26-2)23-18(25)16-8-6-13(20)10-22-16/h3-10H,20H2,1-2H3,(H2,21,24)(H,23,25). The molecule has 3 rings (SSSR count). The van der Waals surface area contributed by atoms with Crippen molar-refractivity contribution in [3.05, 3.63) is 59.9 Å². The van der Waals surface area contributed by atoms with E-state index in [0.29, 0.717) is 22.2 Å². The van der Waals surface area contributed by atoms with Crippen LogP contribution in [0, 0.1) is 6.92 Å². The van der Waals surface area contributed by atoms with E-state index in [4.69, 9.17) is 11.5 Å². The van der Waals surface area contributed by atoms with Crippen molar-refractivity contribution in [1.29, 1.82) is 0 Å². The average molecular weight is 365 g/mol. The van der Waals surface area contributed by atoms with Crippen LogP contribution >= 0.6 is 11.8 Å². The van der Waals surface area contributed by atoms with Crippen LogP contribution in [0.25, 0.3) is 10.8 Å². The number of aromatic nitrogens is 1. The molecule has 0 aliphatic heterocycles. The Bertz CT molecular complexity index is 999. The van der Waals surface area contributed by atoms with E-state index >= 15 is 0 Å². The highest BCUT2D eigenvalue weighted by molar-refractivity contribution is 8.13. The van der Waals surface area contributed by atoms with E-state index < -0.39 is 0 Å². The molecule has 0 aliphatic carbocycles. The van der Waals surface area contributed by atoms with Crippen LogP contribution in [-0.4, -0.2) is 22.3 Å². The minimum Gasteiger partial charge on any atom is -0.397 e. The maximum Gasteiger partial charge on any atom is 0.274 e. The van der Waals surface area contributed by atoms with Gasteiger partial charge in [0.25, 0.3) is 5.91 Å². The van der Waals surface area contributed by atoms with Crippen LogP contribution in [0.15, 0.2) is 53.7 Å². The predicted octanol–water partition coefficient (Wildman–Crippen LogP) is 3.69. The molecule has 0 atom stereocenters. The van der Waals surface area contributed by atoms with E-state index in [9.17, 15) is 4.79 Å². The number of amides is 1. The van der Waals surface area contributed by atoms with Gasteiger partial charge in [0.15, 0.2) is 5.17 Å². The third-order valence-corrected chi connectivity index (χ3v) is 4.41. The molecule has 7 heteroatoms. The fourth-order valence-electron chi connectivity index (χ4n) is 2.53. The molecular formula is C19H19N5OS. The van der Waals surface area contributed by atoms with Gasteiger partial charge in [-0.25, -0.2) is 9.98 Å². The lowest BCUT2D eigenvalue weighted by Crippen LogP contribution is -2.13. The number of aryl methyl sites for hydroxylation is 1. The number of nitrogens with two attached hydrogens (primary N) is 2. The topological polar surface area (TPSA) is 106 Å². The number of rotatable bonds is 3. The Kier molecular flexibility index (Phi) is 5.09. The lowest BCUT2D eigenvalue weighted by molar-refractivity contribution is 0.102. The van der Waals surface area contributed by atoms with Gasteiger partial charge in [0.2, 0.25) is 0 Å². The first kappa shape index (κ1) is 17.8. The Morgan fingerprint density at radius 2 is 1.96 bits per heavy atom. The molecule has 0 aliphatic rings. The monoisotopic (exact) mass is 365 g/mol. The van der Waals surface area contributed by atoms with Crippen LogP contribution in [-0.2, 0) is 0 Å². The molecule has 0 unspecified atom stereocenters. The number of amidine groups is 1. The molecule has 0 spiro atoms. The van der Waals surface area contributed by atoms with Crippen LogP contribution in [0.4, 0.5) is 17.1 Å². The zero-order valence-electron chi connectivity index (χ0n) is 14.5. The molecule has 1 aromatic heterocycles. The van der Waals surface area contributed by atoms with Gasteiger partial charge in [0.1, 0.15) is 5.69 Å². The van der Waals surface area contributed by atoms with Crippen molar-refractivity contribution in [1.82, 2.24) is 4.98 Å². The number of anilines is 2. The summed E-state index contributed by atoms with van der Waals surface area (Å²) in [6.07, 6.45) is 3.33. The van der Waals surface area contributed by atoms with Gasteiger partial charge < -0.3 is 16.8 Å². The summed E-state index contributed by atoms with van der Waals surface area (Å²) in [6, 6.07) is 12.9. The van der Waals surface area contributed by atoms with Crippen molar-refractivity contribution < 1.29 is 4.79 Å². The molecule has 3 aromatic rings. The summed E-state index contributed by atoms with van der Waals surface area (Å²) in [5.74, 6) is -0.300. The minimum absolute atomic E-state index is 0.299. The third-order valence-electron chi connectivity index (χ3n) is 3.90. The summed E-state index contributed by atoms with van der Waals surface area (Å²) < 4.78 is 0. The molecule has 0 fully saturated rings. The fourth-order valence-corrected chi connectivity index (χ4v) is 2.71. The number of nitrogens with one attached hydrogen (secondary N) is 1. The molecule has 26 heavy (non-hydrogen) atoms. The zero-order chi connectivity index (χ0) is 18.7. The molecule has 0 bridgehead atoms. The van der Waals surface area contributed by atoms with Crippen LogP contribution in [0.3, 0.4) is 0 Å². The Morgan fingerprint density at radius 3 is 2.65 bits per heavy atom. The van der Waals surface area contributed by atoms with Crippen molar-refractivity contribution in [3.8, 4) is 0 Å². The zero-order valence-corrected chi connectivity index (χ0v) is 15.3. The molecule has 0 saturated heterocycles. The van der Waals surface area contributed by atoms with Crippen molar-refractivity contribution >= 4 is 50.7 Å². The Hall–Kier alpha value is -3.06. The Balaban J connectivity index is 1.99. The number of fused-ring (bicyclic) bond motifs is 1. The summed E-state index contributed by atoms with van der Waals surface area (Å²) in [5, 5.41) is 5.29. The summed E-state index contributed by atoms with van der Waals surface area (Å²) in [7, 11) is 0. The molecule has 132 valence electrons. The van der Waals surface area contributed by atoms with Gasteiger partial charge in [-0.1, -0.05) is 30.0 Å². The normalized spacial score (nSPS) is 11.5.